The second-order valence-corrected chi connectivity index (χ2v) is 3.88. The van der Waals surface area contributed by atoms with Crippen LogP contribution >= 0.6 is 0 Å². The predicted octanol–water partition coefficient (Wildman–Crippen LogP) is 2.40. The third-order valence-corrected chi connectivity index (χ3v) is 2.59. The van der Waals surface area contributed by atoms with Gasteiger partial charge in [0, 0.05) is 17.7 Å². The first kappa shape index (κ1) is 11.0. The van der Waals surface area contributed by atoms with Gasteiger partial charge in [-0.05, 0) is 26.5 Å². The van der Waals surface area contributed by atoms with Crippen molar-refractivity contribution in [3.63, 3.8) is 0 Å². The van der Waals surface area contributed by atoms with Crippen molar-refractivity contribution in [2.75, 3.05) is 6.54 Å². The SMILES string of the molecule is CCNCc1cn[nH]c1-c1cc(C)oc1C. The van der Waals surface area contributed by atoms with Crippen molar-refractivity contribution in [2.45, 2.75) is 27.3 Å². The van der Waals surface area contributed by atoms with E-state index in [1.165, 1.54) is 5.56 Å². The van der Waals surface area contributed by atoms with E-state index < -0.39 is 0 Å². The number of H-pyrrole nitrogens is 1. The molecular weight excluding hydrogens is 202 g/mol. The minimum Gasteiger partial charge on any atom is -0.466 e. The van der Waals surface area contributed by atoms with E-state index >= 15 is 0 Å². The molecule has 2 aromatic rings. The van der Waals surface area contributed by atoms with E-state index in [0.717, 1.165) is 35.9 Å². The van der Waals surface area contributed by atoms with Crippen LogP contribution in [0.3, 0.4) is 0 Å². The molecule has 0 aliphatic rings. The Bertz CT molecular complexity index is 470. The molecule has 16 heavy (non-hydrogen) atoms. The standard InChI is InChI=1S/C12H17N3O/c1-4-13-6-10-7-14-15-12(10)11-5-8(2)16-9(11)3/h5,7,13H,4,6H2,1-3H3,(H,14,15). The first-order chi connectivity index (χ1) is 7.72. The summed E-state index contributed by atoms with van der Waals surface area (Å²) in [5, 5.41) is 10.4. The number of nitrogens with zero attached hydrogens (tertiary/aromatic N) is 1. The van der Waals surface area contributed by atoms with Crippen LogP contribution in [0.4, 0.5) is 0 Å². The van der Waals surface area contributed by atoms with E-state index in [4.69, 9.17) is 4.42 Å². The van der Waals surface area contributed by atoms with Gasteiger partial charge in [-0.15, -0.1) is 0 Å². The normalized spacial score (nSPS) is 10.9. The maximum atomic E-state index is 5.53. The van der Waals surface area contributed by atoms with Crippen LogP contribution in [0.5, 0.6) is 0 Å². The molecule has 2 heterocycles. The molecule has 0 aromatic carbocycles. The Hall–Kier alpha value is -1.55. The number of aromatic nitrogens is 2. The second-order valence-electron chi connectivity index (χ2n) is 3.88. The summed E-state index contributed by atoms with van der Waals surface area (Å²) in [7, 11) is 0. The molecule has 0 unspecified atom stereocenters. The highest BCUT2D eigenvalue weighted by Crippen LogP contribution is 2.27. The number of nitrogens with one attached hydrogen (secondary N) is 2. The van der Waals surface area contributed by atoms with Crippen LogP contribution in [0, 0.1) is 13.8 Å². The number of aryl methyl sites for hydroxylation is 2. The zero-order valence-corrected chi connectivity index (χ0v) is 9.92. The number of hydrogen-bond donors (Lipinski definition) is 2. The van der Waals surface area contributed by atoms with Gasteiger partial charge in [-0.3, -0.25) is 5.10 Å². The van der Waals surface area contributed by atoms with Gasteiger partial charge in [-0.2, -0.15) is 5.10 Å². The molecule has 2 rings (SSSR count). The van der Waals surface area contributed by atoms with Gasteiger partial charge in [0.05, 0.1) is 11.9 Å². The number of hydrogen-bond acceptors (Lipinski definition) is 3. The molecule has 0 aliphatic carbocycles. The Morgan fingerprint density at radius 2 is 2.25 bits per heavy atom. The van der Waals surface area contributed by atoms with Gasteiger partial charge in [0.15, 0.2) is 0 Å². The summed E-state index contributed by atoms with van der Waals surface area (Å²) < 4.78 is 5.53. The van der Waals surface area contributed by atoms with E-state index in [2.05, 4.69) is 22.4 Å². The summed E-state index contributed by atoms with van der Waals surface area (Å²) in [5.74, 6) is 1.86. The number of furan rings is 1. The van der Waals surface area contributed by atoms with Crippen LogP contribution in [0.2, 0.25) is 0 Å². The Labute approximate surface area is 95.1 Å². The summed E-state index contributed by atoms with van der Waals surface area (Å²) in [6, 6.07) is 2.04. The molecule has 0 saturated carbocycles. The van der Waals surface area contributed by atoms with E-state index in [9.17, 15) is 0 Å². The van der Waals surface area contributed by atoms with Gasteiger partial charge in [-0.25, -0.2) is 0 Å². The van der Waals surface area contributed by atoms with Crippen molar-refractivity contribution in [1.29, 1.82) is 0 Å². The van der Waals surface area contributed by atoms with E-state index in [-0.39, 0.29) is 0 Å². The topological polar surface area (TPSA) is 53.9 Å². The van der Waals surface area contributed by atoms with Crippen molar-refractivity contribution in [3.8, 4) is 11.3 Å². The van der Waals surface area contributed by atoms with E-state index in [0.29, 0.717) is 0 Å². The first-order valence-electron chi connectivity index (χ1n) is 5.52. The van der Waals surface area contributed by atoms with Crippen LogP contribution in [0.15, 0.2) is 16.7 Å². The highest BCUT2D eigenvalue weighted by atomic mass is 16.3. The monoisotopic (exact) mass is 219 g/mol. The molecule has 0 radical (unpaired) electrons. The van der Waals surface area contributed by atoms with Gasteiger partial charge in [0.1, 0.15) is 11.5 Å². The van der Waals surface area contributed by atoms with Crippen molar-refractivity contribution >= 4 is 0 Å². The third kappa shape index (κ3) is 2.02. The lowest BCUT2D eigenvalue weighted by Crippen LogP contribution is -2.11. The lowest BCUT2D eigenvalue weighted by Gasteiger charge is -2.02. The van der Waals surface area contributed by atoms with Crippen LogP contribution in [-0.4, -0.2) is 16.7 Å². The van der Waals surface area contributed by atoms with Crippen molar-refractivity contribution < 1.29 is 4.42 Å². The number of aromatic amines is 1. The molecule has 0 atom stereocenters. The maximum Gasteiger partial charge on any atom is 0.110 e. The minimum absolute atomic E-state index is 0.825. The van der Waals surface area contributed by atoms with Crippen molar-refractivity contribution in [1.82, 2.24) is 15.5 Å². The molecule has 0 fully saturated rings. The van der Waals surface area contributed by atoms with Gasteiger partial charge >= 0.3 is 0 Å². The molecule has 0 saturated heterocycles. The average molecular weight is 219 g/mol. The molecule has 0 amide bonds. The zero-order valence-electron chi connectivity index (χ0n) is 9.92. The van der Waals surface area contributed by atoms with Crippen LogP contribution in [0.25, 0.3) is 11.3 Å². The maximum absolute atomic E-state index is 5.53. The molecule has 2 aromatic heterocycles. The summed E-state index contributed by atoms with van der Waals surface area (Å²) in [4.78, 5) is 0. The van der Waals surface area contributed by atoms with Gasteiger partial charge in [0.2, 0.25) is 0 Å². The minimum atomic E-state index is 0.825. The van der Waals surface area contributed by atoms with Crippen molar-refractivity contribution in [2.24, 2.45) is 0 Å². The fourth-order valence-electron chi connectivity index (χ4n) is 1.82. The Balaban J connectivity index is 2.33. The van der Waals surface area contributed by atoms with Gasteiger partial charge < -0.3 is 9.73 Å². The fraction of sp³-hybridized carbons (Fsp3) is 0.417. The molecule has 0 aliphatic heterocycles. The molecule has 2 N–H and O–H groups in total. The quantitative estimate of drug-likeness (QED) is 0.830. The molecule has 0 spiro atoms. The molecule has 4 nitrogen and oxygen atoms in total. The smallest absolute Gasteiger partial charge is 0.110 e. The third-order valence-electron chi connectivity index (χ3n) is 2.59. The fourth-order valence-corrected chi connectivity index (χ4v) is 1.82. The Morgan fingerprint density at radius 1 is 1.44 bits per heavy atom. The van der Waals surface area contributed by atoms with Crippen LogP contribution in [-0.2, 0) is 6.54 Å². The lowest BCUT2D eigenvalue weighted by atomic mass is 10.1. The van der Waals surface area contributed by atoms with E-state index in [1.54, 1.807) is 0 Å². The summed E-state index contributed by atoms with van der Waals surface area (Å²) in [6.07, 6.45) is 1.86. The Morgan fingerprint density at radius 3 is 2.88 bits per heavy atom. The molecule has 0 bridgehead atoms. The van der Waals surface area contributed by atoms with Crippen molar-refractivity contribution in [3.05, 3.63) is 29.3 Å². The highest BCUT2D eigenvalue weighted by Gasteiger charge is 2.12. The summed E-state index contributed by atoms with van der Waals surface area (Å²) in [5.41, 5.74) is 3.32. The predicted molar refractivity (Wildman–Crippen MR) is 63.1 cm³/mol. The average Bonchev–Trinajstić information content (AvgIpc) is 2.81. The Kier molecular flexibility index (Phi) is 3.10. The summed E-state index contributed by atoms with van der Waals surface area (Å²) in [6.45, 7) is 7.80. The summed E-state index contributed by atoms with van der Waals surface area (Å²) >= 11 is 0. The van der Waals surface area contributed by atoms with Gasteiger partial charge in [0.25, 0.3) is 0 Å². The number of rotatable bonds is 4. The largest absolute Gasteiger partial charge is 0.466 e. The van der Waals surface area contributed by atoms with E-state index in [1.807, 2.05) is 26.1 Å². The van der Waals surface area contributed by atoms with Gasteiger partial charge in [-0.1, -0.05) is 6.92 Å². The van der Waals surface area contributed by atoms with Crippen LogP contribution in [0.1, 0.15) is 24.0 Å². The lowest BCUT2D eigenvalue weighted by molar-refractivity contribution is 0.505. The highest BCUT2D eigenvalue weighted by molar-refractivity contribution is 5.65. The zero-order chi connectivity index (χ0) is 11.5. The van der Waals surface area contributed by atoms with Crippen LogP contribution < -0.4 is 5.32 Å². The second kappa shape index (κ2) is 4.53. The molecule has 4 heteroatoms. The first-order valence-corrected chi connectivity index (χ1v) is 5.52. The molecule has 86 valence electrons. The molecular formula is C12H17N3O.